The molecule has 0 aromatic heterocycles. The number of hydrogen-bond donors (Lipinski definition) is 2. The van der Waals surface area contributed by atoms with Crippen molar-refractivity contribution in [2.45, 2.75) is 20.0 Å². The van der Waals surface area contributed by atoms with Crippen LogP contribution in [0.25, 0.3) is 0 Å². The van der Waals surface area contributed by atoms with Gasteiger partial charge in [-0.1, -0.05) is 6.07 Å². The molecule has 0 saturated heterocycles. The van der Waals surface area contributed by atoms with Crippen molar-refractivity contribution in [1.82, 2.24) is 5.43 Å². The van der Waals surface area contributed by atoms with Gasteiger partial charge in [0.05, 0.1) is 21.3 Å². The molecule has 31 heavy (non-hydrogen) atoms. The highest BCUT2D eigenvalue weighted by Gasteiger charge is 2.08. The van der Waals surface area contributed by atoms with Crippen LogP contribution in [0.3, 0.4) is 0 Å². The molecular formula is C23H20Br2N2O4. The standard InChI is InChI=1S/C23H20Br2N2O4/c1-14(2)30-17-6-8-18(9-7-17)31-19-5-3-4-16(12-19)23(29)27-26-13-15-10-20(24)22(28)21(25)11-15/h3-14,28H,1-2H3,(H,27,29). The SMILES string of the molecule is CC(C)Oc1ccc(Oc2cccc(C(=O)NN=Cc3cc(Br)c(O)c(Br)c3)c2)cc1. The monoisotopic (exact) mass is 546 g/mol. The number of nitrogens with one attached hydrogen (secondary N) is 1. The molecule has 3 aromatic rings. The van der Waals surface area contributed by atoms with E-state index in [4.69, 9.17) is 9.47 Å². The van der Waals surface area contributed by atoms with Crippen molar-refractivity contribution in [2.24, 2.45) is 5.10 Å². The van der Waals surface area contributed by atoms with Crippen LogP contribution in [0, 0.1) is 0 Å². The van der Waals surface area contributed by atoms with E-state index in [1.807, 2.05) is 38.1 Å². The van der Waals surface area contributed by atoms with E-state index in [0.29, 0.717) is 31.6 Å². The second-order valence-corrected chi connectivity index (χ2v) is 8.51. The van der Waals surface area contributed by atoms with Gasteiger partial charge in [-0.2, -0.15) is 5.10 Å². The molecule has 0 atom stereocenters. The molecule has 2 N–H and O–H groups in total. The van der Waals surface area contributed by atoms with E-state index < -0.39 is 0 Å². The first-order valence-electron chi connectivity index (χ1n) is 9.38. The Balaban J connectivity index is 1.63. The molecule has 0 radical (unpaired) electrons. The summed E-state index contributed by atoms with van der Waals surface area (Å²) in [5.74, 6) is 1.65. The van der Waals surface area contributed by atoms with Crippen molar-refractivity contribution in [3.63, 3.8) is 0 Å². The average Bonchev–Trinajstić information content (AvgIpc) is 2.73. The lowest BCUT2D eigenvalue weighted by Gasteiger charge is -2.11. The maximum absolute atomic E-state index is 12.4. The summed E-state index contributed by atoms with van der Waals surface area (Å²) in [6, 6.07) is 17.5. The topological polar surface area (TPSA) is 80.2 Å². The molecule has 0 aliphatic rings. The zero-order chi connectivity index (χ0) is 22.4. The number of nitrogens with zero attached hydrogens (tertiary/aromatic N) is 1. The first-order chi connectivity index (χ1) is 14.8. The zero-order valence-electron chi connectivity index (χ0n) is 16.8. The predicted molar refractivity (Wildman–Crippen MR) is 127 cm³/mol. The summed E-state index contributed by atoms with van der Waals surface area (Å²) < 4.78 is 12.5. The Bertz CT molecular complexity index is 1080. The van der Waals surface area contributed by atoms with Crippen LogP contribution in [0.5, 0.6) is 23.0 Å². The predicted octanol–water partition coefficient (Wildman–Crippen LogP) is 6.26. The number of carbonyl (C=O) groups excluding carboxylic acids is 1. The average molecular weight is 548 g/mol. The number of amides is 1. The van der Waals surface area contributed by atoms with Gasteiger partial charge in [0.15, 0.2) is 0 Å². The van der Waals surface area contributed by atoms with Crippen LogP contribution in [-0.2, 0) is 0 Å². The second kappa shape index (κ2) is 10.5. The minimum absolute atomic E-state index is 0.0973. The second-order valence-electron chi connectivity index (χ2n) is 6.80. The van der Waals surface area contributed by atoms with Gasteiger partial charge >= 0.3 is 0 Å². The van der Waals surface area contributed by atoms with Crippen LogP contribution in [0.4, 0.5) is 0 Å². The maximum Gasteiger partial charge on any atom is 0.271 e. The molecule has 3 rings (SSSR count). The summed E-state index contributed by atoms with van der Waals surface area (Å²) in [5.41, 5.74) is 3.58. The molecular weight excluding hydrogens is 528 g/mol. The van der Waals surface area contributed by atoms with Gasteiger partial charge in [0.1, 0.15) is 23.0 Å². The molecule has 0 saturated carbocycles. The summed E-state index contributed by atoms with van der Waals surface area (Å²) in [6.45, 7) is 3.93. The fourth-order valence-electron chi connectivity index (χ4n) is 2.58. The van der Waals surface area contributed by atoms with E-state index in [1.54, 1.807) is 36.4 Å². The molecule has 160 valence electrons. The molecule has 0 aliphatic heterocycles. The van der Waals surface area contributed by atoms with Crippen LogP contribution in [-0.4, -0.2) is 23.3 Å². The molecule has 0 unspecified atom stereocenters. The molecule has 0 fully saturated rings. The molecule has 3 aromatic carbocycles. The maximum atomic E-state index is 12.4. The van der Waals surface area contributed by atoms with E-state index in [9.17, 15) is 9.90 Å². The normalized spacial score (nSPS) is 11.0. The van der Waals surface area contributed by atoms with Crippen molar-refractivity contribution >= 4 is 44.0 Å². The Labute approximate surface area is 197 Å². The Morgan fingerprint density at radius 3 is 2.29 bits per heavy atom. The highest BCUT2D eigenvalue weighted by atomic mass is 79.9. The number of ether oxygens (including phenoxy) is 2. The zero-order valence-corrected chi connectivity index (χ0v) is 20.0. The Morgan fingerprint density at radius 2 is 1.65 bits per heavy atom. The molecule has 0 heterocycles. The van der Waals surface area contributed by atoms with E-state index in [0.717, 1.165) is 5.75 Å². The number of aromatic hydroxyl groups is 1. The Hall–Kier alpha value is -2.84. The minimum Gasteiger partial charge on any atom is -0.506 e. The number of phenolic OH excluding ortho intramolecular Hbond substituents is 1. The van der Waals surface area contributed by atoms with Crippen LogP contribution >= 0.6 is 31.9 Å². The number of rotatable bonds is 7. The number of halogens is 2. The summed E-state index contributed by atoms with van der Waals surface area (Å²) in [4.78, 5) is 12.4. The Kier molecular flexibility index (Phi) is 7.70. The van der Waals surface area contributed by atoms with Gasteiger partial charge in [-0.25, -0.2) is 5.43 Å². The first kappa shape index (κ1) is 22.8. The number of benzene rings is 3. The third-order valence-corrected chi connectivity index (χ3v) is 5.16. The summed E-state index contributed by atoms with van der Waals surface area (Å²) in [7, 11) is 0. The molecule has 6 nitrogen and oxygen atoms in total. The van der Waals surface area contributed by atoms with E-state index in [2.05, 4.69) is 42.4 Å². The number of hydrazone groups is 1. The number of carbonyl (C=O) groups is 1. The van der Waals surface area contributed by atoms with Gasteiger partial charge in [-0.3, -0.25) is 4.79 Å². The fraction of sp³-hybridized carbons (Fsp3) is 0.130. The molecule has 1 amide bonds. The summed E-state index contributed by atoms with van der Waals surface area (Å²) >= 11 is 6.51. The van der Waals surface area contributed by atoms with Crippen molar-refractivity contribution < 1.29 is 19.4 Å². The van der Waals surface area contributed by atoms with E-state index in [-0.39, 0.29) is 17.8 Å². The molecule has 0 bridgehead atoms. The first-order valence-corrected chi connectivity index (χ1v) is 11.0. The van der Waals surface area contributed by atoms with Gasteiger partial charge in [-0.05, 0) is 106 Å². The highest BCUT2D eigenvalue weighted by molar-refractivity contribution is 9.11. The van der Waals surface area contributed by atoms with Crippen molar-refractivity contribution in [1.29, 1.82) is 0 Å². The van der Waals surface area contributed by atoms with Gasteiger partial charge in [0.2, 0.25) is 0 Å². The largest absolute Gasteiger partial charge is 0.506 e. The van der Waals surface area contributed by atoms with Crippen LogP contribution in [0.2, 0.25) is 0 Å². The van der Waals surface area contributed by atoms with Gasteiger partial charge in [0.25, 0.3) is 5.91 Å². The lowest BCUT2D eigenvalue weighted by Crippen LogP contribution is -2.17. The summed E-state index contributed by atoms with van der Waals surface area (Å²) in [6.07, 6.45) is 1.58. The smallest absolute Gasteiger partial charge is 0.271 e. The van der Waals surface area contributed by atoms with Gasteiger partial charge < -0.3 is 14.6 Å². The number of phenols is 1. The lowest BCUT2D eigenvalue weighted by atomic mass is 10.2. The van der Waals surface area contributed by atoms with Crippen molar-refractivity contribution in [3.8, 4) is 23.0 Å². The fourth-order valence-corrected chi connectivity index (χ4v) is 3.81. The van der Waals surface area contributed by atoms with Crippen LogP contribution in [0.15, 0.2) is 74.7 Å². The Morgan fingerprint density at radius 1 is 1.00 bits per heavy atom. The van der Waals surface area contributed by atoms with Gasteiger partial charge in [-0.15, -0.1) is 0 Å². The van der Waals surface area contributed by atoms with E-state index in [1.165, 1.54) is 6.21 Å². The quantitative estimate of drug-likeness (QED) is 0.270. The summed E-state index contributed by atoms with van der Waals surface area (Å²) in [5, 5.41) is 13.7. The lowest BCUT2D eigenvalue weighted by molar-refractivity contribution is 0.0955. The molecule has 0 spiro atoms. The van der Waals surface area contributed by atoms with Crippen LogP contribution < -0.4 is 14.9 Å². The molecule has 0 aliphatic carbocycles. The van der Waals surface area contributed by atoms with E-state index >= 15 is 0 Å². The van der Waals surface area contributed by atoms with Crippen LogP contribution in [0.1, 0.15) is 29.8 Å². The number of hydrogen-bond acceptors (Lipinski definition) is 5. The van der Waals surface area contributed by atoms with Crippen molar-refractivity contribution in [2.75, 3.05) is 0 Å². The molecule has 8 heteroatoms. The third kappa shape index (κ3) is 6.57. The highest BCUT2D eigenvalue weighted by Crippen LogP contribution is 2.32. The minimum atomic E-state index is -0.376. The third-order valence-electron chi connectivity index (χ3n) is 3.95. The van der Waals surface area contributed by atoms with Gasteiger partial charge in [0, 0.05) is 5.56 Å². The van der Waals surface area contributed by atoms with Crippen molar-refractivity contribution in [3.05, 3.63) is 80.7 Å².